The summed E-state index contributed by atoms with van der Waals surface area (Å²) in [7, 11) is 0. The molecule has 0 atom stereocenters. The molecule has 3 N–H and O–H groups in total. The average molecular weight is 157 g/mol. The third-order valence-electron chi connectivity index (χ3n) is 1.46. The van der Waals surface area contributed by atoms with Crippen LogP contribution in [0.15, 0.2) is 0 Å². The summed E-state index contributed by atoms with van der Waals surface area (Å²) in [6.07, 6.45) is 5.37. The number of carbonyl (C=O) groups is 1. The zero-order valence-corrected chi connectivity index (χ0v) is 6.88. The van der Waals surface area contributed by atoms with Gasteiger partial charge in [-0.3, -0.25) is 0 Å². The molecule has 1 radical (unpaired) electrons. The van der Waals surface area contributed by atoms with E-state index >= 15 is 0 Å². The van der Waals surface area contributed by atoms with Gasteiger partial charge in [-0.25, -0.2) is 0 Å². The van der Waals surface area contributed by atoms with E-state index < -0.39 is 0 Å². The molecule has 3 nitrogen and oxygen atoms in total. The lowest BCUT2D eigenvalue weighted by atomic mass is 10.2. The number of hydrogen-bond acceptors (Lipinski definition) is 3. The molecule has 0 heterocycles. The van der Waals surface area contributed by atoms with E-state index in [0.717, 1.165) is 32.2 Å². The van der Waals surface area contributed by atoms with Crippen LogP contribution < -0.4 is 11.1 Å². The third kappa shape index (κ3) is 9.59. The van der Waals surface area contributed by atoms with Gasteiger partial charge in [0, 0.05) is 0 Å². The molecule has 0 amide bonds. The summed E-state index contributed by atoms with van der Waals surface area (Å²) in [6.45, 7) is 3.11. The highest BCUT2D eigenvalue weighted by Crippen LogP contribution is 1.96. The van der Waals surface area contributed by atoms with Crippen LogP contribution in [-0.2, 0) is 4.79 Å². The number of carbonyl (C=O) groups excluding carboxylic acids is 1. The van der Waals surface area contributed by atoms with Gasteiger partial charge in [-0.15, -0.1) is 0 Å². The van der Waals surface area contributed by atoms with Crippen molar-refractivity contribution in [2.75, 3.05) is 13.1 Å². The van der Waals surface area contributed by atoms with Crippen LogP contribution in [0.2, 0.25) is 0 Å². The molecule has 0 bridgehead atoms. The molecule has 0 saturated heterocycles. The SMILES string of the molecule is NCCCCCCN[CH]C=O. The van der Waals surface area contributed by atoms with Gasteiger partial charge in [0.05, 0.1) is 6.54 Å². The minimum atomic E-state index is 0.764. The van der Waals surface area contributed by atoms with Crippen molar-refractivity contribution in [3.63, 3.8) is 0 Å². The Balaban J connectivity index is 2.74. The van der Waals surface area contributed by atoms with Crippen molar-refractivity contribution in [2.24, 2.45) is 5.73 Å². The third-order valence-corrected chi connectivity index (χ3v) is 1.46. The number of hydrogen-bond donors (Lipinski definition) is 2. The molecular weight excluding hydrogens is 140 g/mol. The van der Waals surface area contributed by atoms with Gasteiger partial charge in [-0.05, 0) is 25.9 Å². The van der Waals surface area contributed by atoms with E-state index in [1.165, 1.54) is 19.4 Å². The molecule has 0 fully saturated rings. The first kappa shape index (κ1) is 10.6. The smallest absolute Gasteiger partial charge is 0.138 e. The van der Waals surface area contributed by atoms with Gasteiger partial charge in [0.15, 0.2) is 0 Å². The van der Waals surface area contributed by atoms with Gasteiger partial charge >= 0.3 is 0 Å². The van der Waals surface area contributed by atoms with E-state index in [9.17, 15) is 4.79 Å². The van der Waals surface area contributed by atoms with E-state index in [0.29, 0.717) is 0 Å². The van der Waals surface area contributed by atoms with Crippen LogP contribution in [0.5, 0.6) is 0 Å². The largest absolute Gasteiger partial charge is 0.330 e. The van der Waals surface area contributed by atoms with Crippen LogP contribution in [-0.4, -0.2) is 19.4 Å². The maximum atomic E-state index is 9.81. The van der Waals surface area contributed by atoms with Crippen molar-refractivity contribution in [1.29, 1.82) is 0 Å². The Hall–Kier alpha value is -0.410. The summed E-state index contributed by atoms with van der Waals surface area (Å²) in [5.74, 6) is 0. The first-order valence-electron chi connectivity index (χ1n) is 4.12. The van der Waals surface area contributed by atoms with Crippen molar-refractivity contribution in [1.82, 2.24) is 5.32 Å². The summed E-state index contributed by atoms with van der Waals surface area (Å²) < 4.78 is 0. The van der Waals surface area contributed by atoms with Crippen molar-refractivity contribution < 1.29 is 4.79 Å². The van der Waals surface area contributed by atoms with Gasteiger partial charge in [0.2, 0.25) is 0 Å². The van der Waals surface area contributed by atoms with E-state index in [2.05, 4.69) is 5.32 Å². The predicted octanol–water partition coefficient (Wildman–Crippen LogP) is 0.456. The number of nitrogens with two attached hydrogens (primary N) is 1. The van der Waals surface area contributed by atoms with Crippen molar-refractivity contribution >= 4 is 6.29 Å². The van der Waals surface area contributed by atoms with Gasteiger partial charge in [-0.1, -0.05) is 12.8 Å². The lowest BCUT2D eigenvalue weighted by Gasteiger charge is -1.99. The minimum Gasteiger partial charge on any atom is -0.330 e. The van der Waals surface area contributed by atoms with Gasteiger partial charge in [-0.2, -0.15) is 0 Å². The molecule has 65 valence electrons. The topological polar surface area (TPSA) is 55.1 Å². The zero-order valence-electron chi connectivity index (χ0n) is 6.88. The Morgan fingerprint density at radius 3 is 2.55 bits per heavy atom. The predicted molar refractivity (Wildman–Crippen MR) is 45.9 cm³/mol. The standard InChI is InChI=1S/C8H17N2O/c9-5-3-1-2-4-6-10-7-8-11/h7-8,10H,1-6,9H2. The Bertz CT molecular complexity index is 86.2. The van der Waals surface area contributed by atoms with E-state index in [1.54, 1.807) is 0 Å². The fourth-order valence-corrected chi connectivity index (χ4v) is 0.856. The molecule has 0 aromatic heterocycles. The van der Waals surface area contributed by atoms with Gasteiger partial charge < -0.3 is 15.8 Å². The highest BCUT2D eigenvalue weighted by molar-refractivity contribution is 5.59. The first-order chi connectivity index (χ1) is 5.41. The van der Waals surface area contributed by atoms with Crippen molar-refractivity contribution in [3.8, 4) is 0 Å². The first-order valence-corrected chi connectivity index (χ1v) is 4.12. The molecule has 0 aromatic rings. The summed E-state index contributed by atoms with van der Waals surface area (Å²) >= 11 is 0. The van der Waals surface area contributed by atoms with Crippen LogP contribution >= 0.6 is 0 Å². The highest BCUT2D eigenvalue weighted by atomic mass is 16.1. The molecular formula is C8H17N2O. The molecule has 0 aliphatic rings. The van der Waals surface area contributed by atoms with Crippen molar-refractivity contribution in [2.45, 2.75) is 25.7 Å². The Kier molecular flexibility index (Phi) is 9.23. The Morgan fingerprint density at radius 1 is 1.18 bits per heavy atom. The maximum Gasteiger partial charge on any atom is 0.138 e. The molecule has 3 heteroatoms. The minimum absolute atomic E-state index is 0.764. The molecule has 0 unspecified atom stereocenters. The van der Waals surface area contributed by atoms with E-state index in [1.807, 2.05) is 0 Å². The van der Waals surface area contributed by atoms with Gasteiger partial charge in [0.25, 0.3) is 0 Å². The molecule has 0 aliphatic carbocycles. The number of rotatable bonds is 8. The fourth-order valence-electron chi connectivity index (χ4n) is 0.856. The summed E-state index contributed by atoms with van der Waals surface area (Å²) in [4.78, 5) is 9.81. The summed E-state index contributed by atoms with van der Waals surface area (Å²) in [5, 5.41) is 2.89. The molecule has 11 heavy (non-hydrogen) atoms. The van der Waals surface area contributed by atoms with Crippen LogP contribution in [0, 0.1) is 6.54 Å². The molecule has 0 aromatic carbocycles. The van der Waals surface area contributed by atoms with E-state index in [-0.39, 0.29) is 0 Å². The lowest BCUT2D eigenvalue weighted by Crippen LogP contribution is -2.12. The maximum absolute atomic E-state index is 9.81. The van der Waals surface area contributed by atoms with Crippen LogP contribution in [0.25, 0.3) is 0 Å². The van der Waals surface area contributed by atoms with Crippen LogP contribution in [0.1, 0.15) is 25.7 Å². The fraction of sp³-hybridized carbons (Fsp3) is 0.750. The van der Waals surface area contributed by atoms with Gasteiger partial charge in [0.1, 0.15) is 6.29 Å². The average Bonchev–Trinajstić information content (AvgIpc) is 2.03. The summed E-state index contributed by atoms with van der Waals surface area (Å²) in [6, 6.07) is 0. The van der Waals surface area contributed by atoms with Crippen LogP contribution in [0.3, 0.4) is 0 Å². The molecule has 0 aliphatic heterocycles. The molecule has 0 spiro atoms. The molecule has 0 saturated carbocycles. The Labute approximate surface area is 68.3 Å². The number of nitrogens with one attached hydrogen (secondary N) is 1. The quantitative estimate of drug-likeness (QED) is 0.397. The lowest BCUT2D eigenvalue weighted by molar-refractivity contribution is -0.105. The van der Waals surface area contributed by atoms with Crippen LogP contribution in [0.4, 0.5) is 0 Å². The van der Waals surface area contributed by atoms with E-state index in [4.69, 9.17) is 5.73 Å². The second-order valence-electron chi connectivity index (χ2n) is 2.46. The zero-order chi connectivity index (χ0) is 8.36. The highest BCUT2D eigenvalue weighted by Gasteiger charge is 1.88. The second-order valence-corrected chi connectivity index (χ2v) is 2.46. The van der Waals surface area contributed by atoms with Crippen molar-refractivity contribution in [3.05, 3.63) is 6.54 Å². The Morgan fingerprint density at radius 2 is 1.91 bits per heavy atom. The number of unbranched alkanes of at least 4 members (excludes halogenated alkanes) is 3. The second kappa shape index (κ2) is 9.59. The number of aldehydes is 1. The monoisotopic (exact) mass is 157 g/mol. The molecule has 0 rings (SSSR count). The summed E-state index contributed by atoms with van der Waals surface area (Å²) in [5.41, 5.74) is 5.32. The normalized spacial score (nSPS) is 9.91.